The van der Waals surface area contributed by atoms with Crippen molar-refractivity contribution in [2.45, 2.75) is 31.6 Å². The maximum absolute atomic E-state index is 12.7. The number of sulfonamides is 1. The van der Waals surface area contributed by atoms with Crippen LogP contribution in [0.2, 0.25) is 0 Å². The summed E-state index contributed by atoms with van der Waals surface area (Å²) < 4.78 is 32.5. The molecule has 0 unspecified atom stereocenters. The van der Waals surface area contributed by atoms with Crippen molar-refractivity contribution in [2.75, 3.05) is 16.6 Å². The van der Waals surface area contributed by atoms with Crippen LogP contribution in [0.1, 0.15) is 32.3 Å². The van der Waals surface area contributed by atoms with Gasteiger partial charge in [0.1, 0.15) is 17.5 Å². The summed E-state index contributed by atoms with van der Waals surface area (Å²) in [7, 11) is -4.01. The zero-order chi connectivity index (χ0) is 22.5. The molecule has 0 aliphatic carbocycles. The number of ketones is 1. The van der Waals surface area contributed by atoms with Crippen LogP contribution in [0.15, 0.2) is 47.4 Å². The fourth-order valence-electron chi connectivity index (χ4n) is 2.72. The molecule has 0 saturated heterocycles. The van der Waals surface area contributed by atoms with Crippen LogP contribution in [0.3, 0.4) is 0 Å². The van der Waals surface area contributed by atoms with Gasteiger partial charge in [-0.2, -0.15) is 0 Å². The van der Waals surface area contributed by atoms with Gasteiger partial charge in [-0.25, -0.2) is 8.42 Å². The second-order valence-electron chi connectivity index (χ2n) is 6.38. The molecule has 0 radical (unpaired) electrons. The monoisotopic (exact) mass is 434 g/mol. The Morgan fingerprint density at radius 1 is 1.03 bits per heavy atom. The highest BCUT2D eigenvalue weighted by Gasteiger charge is 2.30. The molecule has 0 fully saturated rings. The minimum atomic E-state index is -4.01. The Balaban J connectivity index is 2.34. The molecule has 0 heterocycles. The molecule has 1 amide bonds. The zero-order valence-corrected chi connectivity index (χ0v) is 17.4. The summed E-state index contributed by atoms with van der Waals surface area (Å²) >= 11 is 0. The number of rotatable bonds is 8. The lowest BCUT2D eigenvalue weighted by Gasteiger charge is -2.16. The van der Waals surface area contributed by atoms with Gasteiger partial charge in [-0.3, -0.25) is 19.1 Å². The summed E-state index contributed by atoms with van der Waals surface area (Å²) in [6, 6.07) is 9.18. The van der Waals surface area contributed by atoms with Gasteiger partial charge in [-0.1, -0.05) is 0 Å². The van der Waals surface area contributed by atoms with Crippen LogP contribution in [0, 0.1) is 0 Å². The molecular weight excluding hydrogens is 412 g/mol. The number of benzene rings is 2. The van der Waals surface area contributed by atoms with Gasteiger partial charge < -0.3 is 15.2 Å². The molecule has 2 aromatic carbocycles. The second-order valence-corrected chi connectivity index (χ2v) is 8.06. The number of amides is 1. The van der Waals surface area contributed by atoms with Gasteiger partial charge in [-0.05, 0) is 56.3 Å². The van der Waals surface area contributed by atoms with E-state index in [1.807, 2.05) is 0 Å². The van der Waals surface area contributed by atoms with Crippen molar-refractivity contribution in [3.8, 4) is 5.75 Å². The van der Waals surface area contributed by atoms with Crippen molar-refractivity contribution in [1.29, 1.82) is 0 Å². The predicted octanol–water partition coefficient (Wildman–Crippen LogP) is 2.39. The number of esters is 1. The topological polar surface area (TPSA) is 139 Å². The lowest BCUT2D eigenvalue weighted by Crippen LogP contribution is -2.22. The molecule has 160 valence electrons. The van der Waals surface area contributed by atoms with Gasteiger partial charge in [-0.15, -0.1) is 0 Å². The summed E-state index contributed by atoms with van der Waals surface area (Å²) in [6.07, 6.45) is 0. The third-order valence-corrected chi connectivity index (χ3v) is 5.40. The molecule has 0 saturated carbocycles. The van der Waals surface area contributed by atoms with E-state index in [-0.39, 0.29) is 34.4 Å². The molecule has 0 aliphatic heterocycles. The predicted molar refractivity (Wildman–Crippen MR) is 110 cm³/mol. The van der Waals surface area contributed by atoms with E-state index in [0.29, 0.717) is 5.69 Å². The number of anilines is 2. The number of hydrogen-bond acceptors (Lipinski definition) is 7. The van der Waals surface area contributed by atoms with E-state index < -0.39 is 27.7 Å². The van der Waals surface area contributed by atoms with E-state index >= 15 is 0 Å². The number of hydrogen-bond donors (Lipinski definition) is 3. The molecule has 2 aromatic rings. The van der Waals surface area contributed by atoms with E-state index in [1.54, 1.807) is 6.92 Å². The van der Waals surface area contributed by atoms with Crippen LogP contribution < -0.4 is 10.0 Å². The Labute approximate surface area is 174 Å². The Morgan fingerprint density at radius 2 is 1.63 bits per heavy atom. The minimum absolute atomic E-state index is 0.0456. The number of carbonyl (C=O) groups is 3. The number of ether oxygens (including phenoxy) is 1. The van der Waals surface area contributed by atoms with Crippen LogP contribution in [0.4, 0.5) is 11.4 Å². The highest BCUT2D eigenvalue weighted by molar-refractivity contribution is 7.92. The van der Waals surface area contributed by atoms with E-state index in [1.165, 1.54) is 56.3 Å². The van der Waals surface area contributed by atoms with Crippen LogP contribution in [-0.2, 0) is 29.1 Å². The number of nitrogens with one attached hydrogen (secondary N) is 2. The smallest absolute Gasteiger partial charge is 0.321 e. The van der Waals surface area contributed by atoms with Crippen LogP contribution in [-0.4, -0.2) is 37.8 Å². The standard InChI is InChI=1S/C20H22N2O7S/c1-4-29-20(26)19(12(2)23)17-11-15(7-10-18(17)25)22-30(27,28)16-8-5-14(6-9-16)21-13(3)24/h5-11,19,22,25H,4H2,1-3H3,(H,21,24)/t19-/m1/s1. The molecule has 0 bridgehead atoms. The molecule has 3 N–H and O–H groups in total. The summed E-state index contributed by atoms with van der Waals surface area (Å²) in [5, 5.41) is 12.7. The quantitative estimate of drug-likeness (QED) is 0.329. The number of carbonyl (C=O) groups excluding carboxylic acids is 3. The number of phenolic OH excluding ortho intramolecular Hbond substituents is 1. The minimum Gasteiger partial charge on any atom is -0.508 e. The van der Waals surface area contributed by atoms with Crippen LogP contribution in [0.25, 0.3) is 0 Å². The SMILES string of the molecule is CCOC(=O)[C@H](C(C)=O)c1cc(NS(=O)(=O)c2ccc(NC(C)=O)cc2)ccc1O. The average Bonchev–Trinajstić information content (AvgIpc) is 2.64. The van der Waals surface area contributed by atoms with E-state index in [4.69, 9.17) is 4.74 Å². The van der Waals surface area contributed by atoms with E-state index in [0.717, 1.165) is 0 Å². The molecular formula is C20H22N2O7S. The maximum atomic E-state index is 12.7. The van der Waals surface area contributed by atoms with Gasteiger partial charge in [0.15, 0.2) is 0 Å². The van der Waals surface area contributed by atoms with Gasteiger partial charge in [0.05, 0.1) is 11.5 Å². The third kappa shape index (κ3) is 5.57. The highest BCUT2D eigenvalue weighted by atomic mass is 32.2. The van der Waals surface area contributed by atoms with Gasteiger partial charge in [0, 0.05) is 23.9 Å². The first kappa shape index (κ1) is 22.9. The first-order chi connectivity index (χ1) is 14.0. The van der Waals surface area contributed by atoms with Crippen molar-refractivity contribution in [3.05, 3.63) is 48.0 Å². The van der Waals surface area contributed by atoms with E-state index in [2.05, 4.69) is 10.0 Å². The van der Waals surface area contributed by atoms with Crippen molar-refractivity contribution in [3.63, 3.8) is 0 Å². The summed E-state index contributed by atoms with van der Waals surface area (Å²) in [4.78, 5) is 35.1. The highest BCUT2D eigenvalue weighted by Crippen LogP contribution is 2.31. The van der Waals surface area contributed by atoms with Crippen molar-refractivity contribution in [2.24, 2.45) is 0 Å². The maximum Gasteiger partial charge on any atom is 0.321 e. The van der Waals surface area contributed by atoms with Crippen LogP contribution >= 0.6 is 0 Å². The largest absolute Gasteiger partial charge is 0.508 e. The Hall–Kier alpha value is -3.40. The van der Waals surface area contributed by atoms with Gasteiger partial charge in [0.2, 0.25) is 5.91 Å². The fourth-order valence-corrected chi connectivity index (χ4v) is 3.77. The molecule has 10 heteroatoms. The Kier molecular flexibility index (Phi) is 7.17. The molecule has 0 aliphatic rings. The lowest BCUT2D eigenvalue weighted by molar-refractivity contribution is -0.147. The van der Waals surface area contributed by atoms with Crippen LogP contribution in [0.5, 0.6) is 5.75 Å². The number of phenols is 1. The molecule has 9 nitrogen and oxygen atoms in total. The Bertz CT molecular complexity index is 1060. The van der Waals surface area contributed by atoms with E-state index in [9.17, 15) is 27.9 Å². The van der Waals surface area contributed by atoms with Crippen molar-refractivity contribution >= 4 is 39.1 Å². The Morgan fingerprint density at radius 3 is 2.17 bits per heavy atom. The summed E-state index contributed by atoms with van der Waals surface area (Å²) in [6.45, 7) is 4.13. The molecule has 30 heavy (non-hydrogen) atoms. The second kappa shape index (κ2) is 9.40. The van der Waals surface area contributed by atoms with Crippen molar-refractivity contribution in [1.82, 2.24) is 0 Å². The number of Topliss-reactive ketones (excluding diaryl/α,β-unsaturated/α-hetero) is 1. The van der Waals surface area contributed by atoms with Gasteiger partial charge >= 0.3 is 5.97 Å². The molecule has 2 rings (SSSR count). The molecule has 1 atom stereocenters. The number of aromatic hydroxyl groups is 1. The summed E-state index contributed by atoms with van der Waals surface area (Å²) in [5.41, 5.74) is 0.415. The zero-order valence-electron chi connectivity index (χ0n) is 16.6. The third-order valence-electron chi connectivity index (χ3n) is 4.00. The van der Waals surface area contributed by atoms with Gasteiger partial charge in [0.25, 0.3) is 10.0 Å². The first-order valence-electron chi connectivity index (χ1n) is 8.95. The molecule has 0 aromatic heterocycles. The summed E-state index contributed by atoms with van der Waals surface area (Å²) in [5.74, 6) is -3.41. The molecule has 0 spiro atoms. The normalized spacial score (nSPS) is 12.0. The fraction of sp³-hybridized carbons (Fsp3) is 0.250. The average molecular weight is 434 g/mol. The first-order valence-corrected chi connectivity index (χ1v) is 10.4. The van der Waals surface area contributed by atoms with Crippen molar-refractivity contribution < 1.29 is 32.6 Å². The lowest BCUT2D eigenvalue weighted by atomic mass is 9.94.